The molecule has 5 nitrogen and oxygen atoms in total. The van der Waals surface area contributed by atoms with Gasteiger partial charge in [-0.1, -0.05) is 6.92 Å². The highest BCUT2D eigenvalue weighted by atomic mass is 32.2. The molecule has 1 aliphatic rings. The van der Waals surface area contributed by atoms with Crippen molar-refractivity contribution in [1.29, 1.82) is 0 Å². The Labute approximate surface area is 89.8 Å². The summed E-state index contributed by atoms with van der Waals surface area (Å²) in [7, 11) is -3.02. The molecule has 2 N–H and O–H groups in total. The molecular weight excluding hydrogens is 218 g/mol. The Morgan fingerprint density at radius 2 is 2.27 bits per heavy atom. The minimum Gasteiger partial charge on any atom is -0.481 e. The van der Waals surface area contributed by atoms with Crippen molar-refractivity contribution in [3.05, 3.63) is 0 Å². The Morgan fingerprint density at radius 3 is 2.67 bits per heavy atom. The smallest absolute Gasteiger partial charge is 0.307 e. The minimum atomic E-state index is -3.02. The zero-order valence-corrected chi connectivity index (χ0v) is 9.59. The van der Waals surface area contributed by atoms with Crippen LogP contribution in [0.5, 0.6) is 0 Å². The van der Waals surface area contributed by atoms with Gasteiger partial charge in [0.1, 0.15) is 5.37 Å². The van der Waals surface area contributed by atoms with Gasteiger partial charge in [-0.3, -0.25) is 4.79 Å². The van der Waals surface area contributed by atoms with Crippen LogP contribution in [0.2, 0.25) is 0 Å². The van der Waals surface area contributed by atoms with E-state index in [-0.39, 0.29) is 12.3 Å². The average molecular weight is 235 g/mol. The third-order valence-corrected chi connectivity index (χ3v) is 4.89. The molecule has 1 heterocycles. The summed E-state index contributed by atoms with van der Waals surface area (Å²) in [5, 5.41) is 11.1. The van der Waals surface area contributed by atoms with E-state index in [1.165, 1.54) is 0 Å². The second-order valence-corrected chi connectivity index (χ2v) is 6.15. The maximum Gasteiger partial charge on any atom is 0.307 e. The molecule has 1 saturated heterocycles. The molecule has 1 aliphatic heterocycles. The molecule has 0 aromatic rings. The van der Waals surface area contributed by atoms with Crippen molar-refractivity contribution in [2.75, 3.05) is 12.3 Å². The Kier molecular flexibility index (Phi) is 4.10. The number of aliphatic carboxylic acids is 1. The molecule has 0 aromatic carbocycles. The minimum absolute atomic E-state index is 0.217. The number of carboxylic acid groups (broad SMARTS) is 1. The Bertz CT molecular complexity index is 325. The number of carbonyl (C=O) groups is 1. The molecule has 0 bridgehead atoms. The third-order valence-electron chi connectivity index (χ3n) is 2.76. The SMILES string of the molecule is CCC(CNC1CCCS1(=O)=O)C(=O)O. The predicted molar refractivity (Wildman–Crippen MR) is 56.2 cm³/mol. The summed E-state index contributed by atoms with van der Waals surface area (Å²) in [5.74, 6) is -1.16. The highest BCUT2D eigenvalue weighted by Gasteiger charge is 2.31. The quantitative estimate of drug-likeness (QED) is 0.712. The van der Waals surface area contributed by atoms with Gasteiger partial charge in [0.15, 0.2) is 9.84 Å². The van der Waals surface area contributed by atoms with Crippen LogP contribution in [-0.4, -0.2) is 37.2 Å². The molecule has 0 radical (unpaired) electrons. The van der Waals surface area contributed by atoms with Crippen LogP contribution in [0.3, 0.4) is 0 Å². The average Bonchev–Trinajstić information content (AvgIpc) is 2.46. The lowest BCUT2D eigenvalue weighted by atomic mass is 10.1. The fraction of sp³-hybridized carbons (Fsp3) is 0.889. The van der Waals surface area contributed by atoms with E-state index in [1.54, 1.807) is 6.92 Å². The highest BCUT2D eigenvalue weighted by Crippen LogP contribution is 2.17. The maximum absolute atomic E-state index is 11.4. The number of nitrogens with one attached hydrogen (secondary N) is 1. The first kappa shape index (κ1) is 12.4. The van der Waals surface area contributed by atoms with Crippen LogP contribution >= 0.6 is 0 Å². The van der Waals surface area contributed by atoms with Crippen LogP contribution in [-0.2, 0) is 14.6 Å². The summed E-state index contributed by atoms with van der Waals surface area (Å²) in [6.45, 7) is 2.01. The van der Waals surface area contributed by atoms with Gasteiger partial charge in [0.2, 0.25) is 0 Å². The van der Waals surface area contributed by atoms with Gasteiger partial charge in [0.05, 0.1) is 11.7 Å². The van der Waals surface area contributed by atoms with Crippen molar-refractivity contribution < 1.29 is 18.3 Å². The van der Waals surface area contributed by atoms with E-state index in [2.05, 4.69) is 5.32 Å². The Hall–Kier alpha value is -0.620. The van der Waals surface area contributed by atoms with Crippen molar-refractivity contribution in [1.82, 2.24) is 5.32 Å². The van der Waals surface area contributed by atoms with Crippen LogP contribution in [0.4, 0.5) is 0 Å². The summed E-state index contributed by atoms with van der Waals surface area (Å²) in [5.41, 5.74) is 0. The summed E-state index contributed by atoms with van der Waals surface area (Å²) < 4.78 is 22.8. The molecule has 2 atom stereocenters. The van der Waals surface area contributed by atoms with Gasteiger partial charge in [-0.25, -0.2) is 8.42 Å². The van der Waals surface area contributed by atoms with Gasteiger partial charge < -0.3 is 10.4 Å². The van der Waals surface area contributed by atoms with Gasteiger partial charge >= 0.3 is 5.97 Å². The normalized spacial score (nSPS) is 26.3. The summed E-state index contributed by atoms with van der Waals surface area (Å²) >= 11 is 0. The van der Waals surface area contributed by atoms with Crippen molar-refractivity contribution in [2.45, 2.75) is 31.6 Å². The van der Waals surface area contributed by atoms with Crippen LogP contribution in [0.1, 0.15) is 26.2 Å². The molecule has 0 aliphatic carbocycles. The van der Waals surface area contributed by atoms with E-state index in [9.17, 15) is 13.2 Å². The molecule has 0 saturated carbocycles. The van der Waals surface area contributed by atoms with Crippen LogP contribution in [0, 0.1) is 5.92 Å². The molecule has 6 heteroatoms. The molecule has 0 amide bonds. The van der Waals surface area contributed by atoms with Crippen molar-refractivity contribution in [2.24, 2.45) is 5.92 Å². The molecule has 2 unspecified atom stereocenters. The molecule has 88 valence electrons. The molecular formula is C9H17NO4S. The number of rotatable bonds is 5. The van der Waals surface area contributed by atoms with Crippen molar-refractivity contribution in [3.63, 3.8) is 0 Å². The van der Waals surface area contributed by atoms with Gasteiger partial charge in [-0.2, -0.15) is 0 Å². The largest absolute Gasteiger partial charge is 0.481 e. The first-order valence-electron chi connectivity index (χ1n) is 5.15. The van der Waals surface area contributed by atoms with E-state index >= 15 is 0 Å². The van der Waals surface area contributed by atoms with Crippen LogP contribution < -0.4 is 5.32 Å². The third kappa shape index (κ3) is 3.17. The van der Waals surface area contributed by atoms with E-state index in [4.69, 9.17) is 5.11 Å². The predicted octanol–water partition coefficient (Wildman–Crippen LogP) is 0.222. The van der Waals surface area contributed by atoms with Gasteiger partial charge in [0, 0.05) is 6.54 Å². The lowest BCUT2D eigenvalue weighted by molar-refractivity contribution is -0.141. The van der Waals surface area contributed by atoms with Crippen LogP contribution in [0.25, 0.3) is 0 Å². The van der Waals surface area contributed by atoms with E-state index in [0.717, 1.165) is 0 Å². The van der Waals surface area contributed by atoms with Gasteiger partial charge in [-0.05, 0) is 19.3 Å². The second-order valence-electron chi connectivity index (χ2n) is 3.85. The Morgan fingerprint density at radius 1 is 1.60 bits per heavy atom. The van der Waals surface area contributed by atoms with Crippen molar-refractivity contribution >= 4 is 15.8 Å². The highest BCUT2D eigenvalue weighted by molar-refractivity contribution is 7.92. The summed E-state index contributed by atoms with van der Waals surface area (Å²) in [6.07, 6.45) is 1.78. The summed E-state index contributed by atoms with van der Waals surface area (Å²) in [6, 6.07) is 0. The molecule has 1 fully saturated rings. The fourth-order valence-corrected chi connectivity index (χ4v) is 3.43. The number of hydrogen-bond donors (Lipinski definition) is 2. The van der Waals surface area contributed by atoms with E-state index in [1.807, 2.05) is 0 Å². The monoisotopic (exact) mass is 235 g/mol. The van der Waals surface area contributed by atoms with Gasteiger partial charge in [-0.15, -0.1) is 0 Å². The number of hydrogen-bond acceptors (Lipinski definition) is 4. The first-order chi connectivity index (χ1) is 6.97. The van der Waals surface area contributed by atoms with Crippen LogP contribution in [0.15, 0.2) is 0 Å². The van der Waals surface area contributed by atoms with E-state index < -0.39 is 27.1 Å². The lowest BCUT2D eigenvalue weighted by Gasteiger charge is -2.15. The molecule has 1 rings (SSSR count). The molecule has 0 spiro atoms. The number of carboxylic acids is 1. The van der Waals surface area contributed by atoms with Crippen molar-refractivity contribution in [3.8, 4) is 0 Å². The first-order valence-corrected chi connectivity index (χ1v) is 6.86. The zero-order valence-electron chi connectivity index (χ0n) is 8.77. The fourth-order valence-electron chi connectivity index (χ4n) is 1.70. The lowest BCUT2D eigenvalue weighted by Crippen LogP contribution is -2.38. The second kappa shape index (κ2) is 4.94. The molecule has 0 aromatic heterocycles. The molecule has 15 heavy (non-hydrogen) atoms. The zero-order chi connectivity index (χ0) is 11.5. The number of sulfone groups is 1. The standard InChI is InChI=1S/C9H17NO4S/c1-2-7(9(11)12)6-10-8-4-3-5-15(8,13)14/h7-8,10H,2-6H2,1H3,(H,11,12). The van der Waals surface area contributed by atoms with Gasteiger partial charge in [0.25, 0.3) is 0 Å². The summed E-state index contributed by atoms with van der Waals surface area (Å²) in [4.78, 5) is 10.7. The topological polar surface area (TPSA) is 83.5 Å². The van der Waals surface area contributed by atoms with E-state index in [0.29, 0.717) is 19.3 Å². The maximum atomic E-state index is 11.4. The Balaban J connectivity index is 2.46.